The molecule has 304 valence electrons. The van der Waals surface area contributed by atoms with Crippen molar-refractivity contribution >= 4 is 19.4 Å². The number of carbonyl (C=O) groups excluding carboxylic acids is 1. The molecule has 0 aliphatic heterocycles. The molecule has 0 amide bonds. The Labute approximate surface area is 328 Å². The summed E-state index contributed by atoms with van der Waals surface area (Å²) in [5, 5.41) is 13.7. The first kappa shape index (κ1) is 45.6. The zero-order valence-corrected chi connectivity index (χ0v) is 33.8. The van der Waals surface area contributed by atoms with Crippen LogP contribution in [0.1, 0.15) is 122 Å². The van der Waals surface area contributed by atoms with Crippen LogP contribution >= 0.6 is 7.75 Å². The molecule has 3 aromatic rings. The van der Waals surface area contributed by atoms with Crippen molar-refractivity contribution in [2.75, 3.05) is 19.8 Å². The third-order valence-corrected chi connectivity index (χ3v) is 10.7. The number of non-ortho nitro benzene ring substituents is 1. The Hall–Kier alpha value is -3.76. The molecule has 0 aromatic heterocycles. The third-order valence-electron chi connectivity index (χ3n) is 9.13. The minimum absolute atomic E-state index is 0.0498. The quantitative estimate of drug-likeness (QED) is 0.0214. The standard InChI is InChI=1S/C43H63N2O9P/c1-3-4-5-6-7-8-9-10-11-12-13-14-15-16-17-24-33-50-35-42(51-34-38-25-20-18-21-26-38)36-52-43(46)37(2)44-55(49,53-40-27-22-19-23-28-40)54-41-31-29-39(30-32-41)45(47)48/h18-23,25-32,37,42H,3-17,24,33-36H2,1-2H3,(H,44,49)/t37?,42-,55?/m1/s1. The summed E-state index contributed by atoms with van der Waals surface area (Å²) in [7, 11) is -4.24. The number of esters is 1. The van der Waals surface area contributed by atoms with Crippen LogP contribution in [0.25, 0.3) is 0 Å². The maximum absolute atomic E-state index is 13.9. The molecule has 0 saturated heterocycles. The number of hydrogen-bond donors (Lipinski definition) is 1. The van der Waals surface area contributed by atoms with E-state index in [9.17, 15) is 19.5 Å². The first-order valence-corrected chi connectivity index (χ1v) is 21.8. The Morgan fingerprint density at radius 2 is 1.18 bits per heavy atom. The fraction of sp³-hybridized carbons (Fsp3) is 0.558. The van der Waals surface area contributed by atoms with Crippen molar-refractivity contribution in [1.82, 2.24) is 5.09 Å². The van der Waals surface area contributed by atoms with Crippen molar-refractivity contribution < 1.29 is 37.5 Å². The average molecular weight is 783 g/mol. The van der Waals surface area contributed by atoms with Gasteiger partial charge in [-0.3, -0.25) is 14.9 Å². The van der Waals surface area contributed by atoms with E-state index >= 15 is 0 Å². The second-order valence-electron chi connectivity index (χ2n) is 14.0. The van der Waals surface area contributed by atoms with Gasteiger partial charge >= 0.3 is 13.7 Å². The summed E-state index contributed by atoms with van der Waals surface area (Å²) in [5.74, 6) is -0.416. The smallest absolute Gasteiger partial charge is 0.462 e. The van der Waals surface area contributed by atoms with E-state index in [2.05, 4.69) is 12.0 Å². The van der Waals surface area contributed by atoms with Gasteiger partial charge in [-0.25, -0.2) is 4.57 Å². The Balaban J connectivity index is 1.40. The molecule has 12 heteroatoms. The molecule has 3 atom stereocenters. The topological polar surface area (TPSA) is 135 Å². The molecule has 0 spiro atoms. The highest BCUT2D eigenvalue weighted by Gasteiger charge is 2.34. The van der Waals surface area contributed by atoms with Crippen molar-refractivity contribution in [3.63, 3.8) is 0 Å². The molecule has 0 heterocycles. The number of para-hydroxylation sites is 1. The molecule has 0 radical (unpaired) electrons. The minimum atomic E-state index is -4.24. The first-order valence-electron chi connectivity index (χ1n) is 20.2. The number of nitro benzene ring substituents is 1. The van der Waals surface area contributed by atoms with Gasteiger partial charge in [0.2, 0.25) is 0 Å². The first-order chi connectivity index (χ1) is 26.8. The van der Waals surface area contributed by atoms with Gasteiger partial charge in [0.25, 0.3) is 5.69 Å². The average Bonchev–Trinajstić information content (AvgIpc) is 3.18. The predicted octanol–water partition coefficient (Wildman–Crippen LogP) is 11.5. The SMILES string of the molecule is CCCCCCCCCCCCCCCCCCOC[C@H](COC(=O)C(C)NP(=O)(Oc1ccccc1)Oc1ccc([N+](=O)[O-])cc1)OCc1ccccc1. The number of nitrogens with one attached hydrogen (secondary N) is 1. The van der Waals surface area contributed by atoms with Crippen LogP contribution in [0, 0.1) is 10.1 Å². The van der Waals surface area contributed by atoms with E-state index in [1.54, 1.807) is 30.3 Å². The fourth-order valence-corrected chi connectivity index (χ4v) is 7.47. The highest BCUT2D eigenvalue weighted by atomic mass is 31.2. The zero-order chi connectivity index (χ0) is 39.4. The van der Waals surface area contributed by atoms with Gasteiger partial charge in [0.05, 0.1) is 18.1 Å². The van der Waals surface area contributed by atoms with Gasteiger partial charge in [-0.2, -0.15) is 5.09 Å². The predicted molar refractivity (Wildman–Crippen MR) is 217 cm³/mol. The molecule has 3 rings (SSSR count). The molecule has 1 N–H and O–H groups in total. The Bertz CT molecular complexity index is 1500. The van der Waals surface area contributed by atoms with E-state index in [0.29, 0.717) is 13.2 Å². The number of nitro groups is 1. The third kappa shape index (κ3) is 20.7. The van der Waals surface area contributed by atoms with Crippen LogP contribution in [0.2, 0.25) is 0 Å². The normalized spacial score (nSPS) is 13.4. The van der Waals surface area contributed by atoms with E-state index in [4.69, 9.17) is 23.3 Å². The number of nitrogens with zero attached hydrogens (tertiary/aromatic N) is 1. The second-order valence-corrected chi connectivity index (χ2v) is 15.6. The summed E-state index contributed by atoms with van der Waals surface area (Å²) in [6.07, 6.45) is 20.4. The molecule has 0 aliphatic rings. The second kappa shape index (κ2) is 27.8. The number of benzene rings is 3. The number of carbonyl (C=O) groups is 1. The lowest BCUT2D eigenvalue weighted by atomic mass is 10.0. The molecule has 3 aromatic carbocycles. The highest BCUT2D eigenvalue weighted by molar-refractivity contribution is 7.52. The Morgan fingerprint density at radius 3 is 1.71 bits per heavy atom. The molecule has 0 bridgehead atoms. The van der Waals surface area contributed by atoms with Gasteiger partial charge in [-0.05, 0) is 43.2 Å². The van der Waals surface area contributed by atoms with Gasteiger partial charge < -0.3 is 23.3 Å². The maximum Gasteiger partial charge on any atom is 0.513 e. The van der Waals surface area contributed by atoms with Crippen molar-refractivity contribution in [3.05, 3.63) is 101 Å². The number of hydrogen-bond acceptors (Lipinski definition) is 9. The van der Waals surface area contributed by atoms with Crippen molar-refractivity contribution in [2.45, 2.75) is 135 Å². The fourth-order valence-electron chi connectivity index (χ4n) is 5.95. The summed E-state index contributed by atoms with van der Waals surface area (Å²) in [5.41, 5.74) is 0.822. The van der Waals surface area contributed by atoms with Crippen molar-refractivity contribution in [3.8, 4) is 11.5 Å². The van der Waals surface area contributed by atoms with Gasteiger partial charge in [0, 0.05) is 18.7 Å². The van der Waals surface area contributed by atoms with E-state index in [0.717, 1.165) is 18.4 Å². The molecule has 2 unspecified atom stereocenters. The maximum atomic E-state index is 13.9. The number of unbranched alkanes of at least 4 members (excludes halogenated alkanes) is 15. The molecule has 55 heavy (non-hydrogen) atoms. The summed E-state index contributed by atoms with van der Waals surface area (Å²) in [4.78, 5) is 23.7. The zero-order valence-electron chi connectivity index (χ0n) is 32.9. The van der Waals surface area contributed by atoms with Gasteiger partial charge in [0.1, 0.15) is 30.3 Å². The minimum Gasteiger partial charge on any atom is -0.462 e. The molecular formula is C43H63N2O9P. The lowest BCUT2D eigenvalue weighted by Gasteiger charge is -2.24. The van der Waals surface area contributed by atoms with Crippen LogP contribution < -0.4 is 14.1 Å². The van der Waals surface area contributed by atoms with Crippen LogP contribution in [0.4, 0.5) is 5.69 Å². The molecule has 0 saturated carbocycles. The summed E-state index contributed by atoms with van der Waals surface area (Å²) < 4.78 is 43.0. The van der Waals surface area contributed by atoms with Crippen molar-refractivity contribution in [1.29, 1.82) is 0 Å². The molecule has 11 nitrogen and oxygen atoms in total. The highest BCUT2D eigenvalue weighted by Crippen LogP contribution is 2.45. The van der Waals surface area contributed by atoms with Crippen LogP contribution in [-0.2, 0) is 30.2 Å². The van der Waals surface area contributed by atoms with Crippen LogP contribution in [-0.4, -0.2) is 42.9 Å². The van der Waals surface area contributed by atoms with E-state index in [-0.39, 0.29) is 30.4 Å². The van der Waals surface area contributed by atoms with Crippen LogP contribution in [0.5, 0.6) is 11.5 Å². The van der Waals surface area contributed by atoms with Crippen LogP contribution in [0.15, 0.2) is 84.9 Å². The molecule has 0 aliphatic carbocycles. The van der Waals surface area contributed by atoms with Gasteiger partial charge in [0.15, 0.2) is 0 Å². The largest absolute Gasteiger partial charge is 0.513 e. The summed E-state index contributed by atoms with van der Waals surface area (Å²) in [6.45, 7) is 4.83. The van der Waals surface area contributed by atoms with Gasteiger partial charge in [-0.1, -0.05) is 152 Å². The lowest BCUT2D eigenvalue weighted by molar-refractivity contribution is -0.384. The van der Waals surface area contributed by atoms with Crippen molar-refractivity contribution in [2.24, 2.45) is 0 Å². The van der Waals surface area contributed by atoms with Gasteiger partial charge in [-0.15, -0.1) is 0 Å². The Kier molecular flexibility index (Phi) is 23.0. The molecule has 0 fully saturated rings. The number of ether oxygens (including phenoxy) is 3. The van der Waals surface area contributed by atoms with E-state index in [1.807, 2.05) is 30.3 Å². The monoisotopic (exact) mass is 782 g/mol. The van der Waals surface area contributed by atoms with Crippen LogP contribution in [0.3, 0.4) is 0 Å². The number of rotatable bonds is 32. The Morgan fingerprint density at radius 1 is 0.691 bits per heavy atom. The summed E-state index contributed by atoms with van der Waals surface area (Å²) in [6, 6.07) is 22.0. The summed E-state index contributed by atoms with van der Waals surface area (Å²) >= 11 is 0. The lowest BCUT2D eigenvalue weighted by Crippen LogP contribution is -2.38. The van der Waals surface area contributed by atoms with E-state index < -0.39 is 30.8 Å². The van der Waals surface area contributed by atoms with E-state index in [1.165, 1.54) is 121 Å². The molecular weight excluding hydrogens is 719 g/mol.